The Morgan fingerprint density at radius 3 is 2.56 bits per heavy atom. The van der Waals surface area contributed by atoms with E-state index in [1.807, 2.05) is 0 Å². The van der Waals surface area contributed by atoms with Gasteiger partial charge in [-0.15, -0.1) is 0 Å². The van der Waals surface area contributed by atoms with Gasteiger partial charge < -0.3 is 15.0 Å². The molecule has 0 unspecified atom stereocenters. The molecule has 1 N–H and O–H groups in total. The summed E-state index contributed by atoms with van der Waals surface area (Å²) in [5, 5.41) is 3.95. The fraction of sp³-hybridized carbons (Fsp3) is 0.263. The highest BCUT2D eigenvalue weighted by Crippen LogP contribution is 2.32. The van der Waals surface area contributed by atoms with Crippen LogP contribution in [0.1, 0.15) is 19.8 Å². The lowest BCUT2D eigenvalue weighted by molar-refractivity contribution is -0.122. The Morgan fingerprint density at radius 2 is 1.93 bits per heavy atom. The number of nitrogens with one attached hydrogen (secondary N) is 1. The van der Waals surface area contributed by atoms with Gasteiger partial charge in [0.15, 0.2) is 6.10 Å². The Labute approximate surface area is 172 Å². The Balaban J connectivity index is 1.66. The summed E-state index contributed by atoms with van der Waals surface area (Å²) >= 11 is 18.2. The molecule has 0 aliphatic carbocycles. The van der Waals surface area contributed by atoms with Gasteiger partial charge in [0.05, 0.1) is 15.7 Å². The summed E-state index contributed by atoms with van der Waals surface area (Å²) in [5.41, 5.74) is 1.16. The van der Waals surface area contributed by atoms with Crippen LogP contribution >= 0.6 is 34.8 Å². The molecule has 0 radical (unpaired) electrons. The predicted octanol–water partition coefficient (Wildman–Crippen LogP) is 5.18. The van der Waals surface area contributed by atoms with Gasteiger partial charge in [-0.25, -0.2) is 0 Å². The molecule has 0 spiro atoms. The van der Waals surface area contributed by atoms with Crippen LogP contribution in [-0.2, 0) is 9.59 Å². The molecular formula is C19H17Cl3N2O3. The molecule has 1 fully saturated rings. The molecule has 2 aromatic carbocycles. The Kier molecular flexibility index (Phi) is 6.15. The zero-order valence-corrected chi connectivity index (χ0v) is 16.7. The maximum Gasteiger partial charge on any atom is 0.265 e. The fourth-order valence-corrected chi connectivity index (χ4v) is 3.50. The first kappa shape index (κ1) is 19.8. The van der Waals surface area contributed by atoms with Crippen LogP contribution in [0, 0.1) is 0 Å². The number of hydrogen-bond donors (Lipinski definition) is 1. The number of ether oxygens (including phenoxy) is 1. The third-order valence-corrected chi connectivity index (χ3v) is 4.98. The van der Waals surface area contributed by atoms with Crippen molar-refractivity contribution in [3.63, 3.8) is 0 Å². The van der Waals surface area contributed by atoms with E-state index in [1.54, 1.807) is 48.2 Å². The maximum atomic E-state index is 12.4. The monoisotopic (exact) mass is 426 g/mol. The second-order valence-corrected chi connectivity index (χ2v) is 7.39. The smallest absolute Gasteiger partial charge is 0.265 e. The molecule has 1 atom stereocenters. The number of benzene rings is 2. The summed E-state index contributed by atoms with van der Waals surface area (Å²) in [4.78, 5) is 25.9. The second-order valence-electron chi connectivity index (χ2n) is 6.14. The zero-order chi connectivity index (χ0) is 19.6. The summed E-state index contributed by atoms with van der Waals surface area (Å²) in [5.74, 6) is 0.0577. The Morgan fingerprint density at radius 1 is 1.15 bits per heavy atom. The van der Waals surface area contributed by atoms with Gasteiger partial charge in [-0.2, -0.15) is 0 Å². The van der Waals surface area contributed by atoms with Crippen LogP contribution < -0.4 is 15.0 Å². The number of halogens is 3. The molecule has 8 heteroatoms. The Hall–Kier alpha value is -1.95. The van der Waals surface area contributed by atoms with Gasteiger partial charge in [-0.05, 0) is 49.7 Å². The SMILES string of the molecule is C[C@H](Oc1ccc(Cl)cc1Cl)C(=O)Nc1ccc(N2CCCC2=O)c(Cl)c1. The van der Waals surface area contributed by atoms with Crippen LogP contribution in [0.3, 0.4) is 0 Å². The van der Waals surface area contributed by atoms with E-state index in [-0.39, 0.29) is 11.8 Å². The number of rotatable bonds is 5. The van der Waals surface area contributed by atoms with E-state index >= 15 is 0 Å². The summed E-state index contributed by atoms with van der Waals surface area (Å²) < 4.78 is 5.59. The van der Waals surface area contributed by atoms with E-state index in [1.165, 1.54) is 0 Å². The van der Waals surface area contributed by atoms with E-state index in [2.05, 4.69) is 5.32 Å². The van der Waals surface area contributed by atoms with E-state index in [4.69, 9.17) is 39.5 Å². The lowest BCUT2D eigenvalue weighted by Gasteiger charge is -2.19. The van der Waals surface area contributed by atoms with Crippen molar-refractivity contribution in [1.29, 1.82) is 0 Å². The maximum absolute atomic E-state index is 12.4. The first-order valence-electron chi connectivity index (χ1n) is 8.37. The summed E-state index contributed by atoms with van der Waals surface area (Å²) in [6, 6.07) is 9.82. The zero-order valence-electron chi connectivity index (χ0n) is 14.5. The van der Waals surface area contributed by atoms with Crippen molar-refractivity contribution in [3.05, 3.63) is 51.5 Å². The van der Waals surface area contributed by atoms with Gasteiger partial charge in [-0.3, -0.25) is 9.59 Å². The highest BCUT2D eigenvalue weighted by molar-refractivity contribution is 6.35. The largest absolute Gasteiger partial charge is 0.479 e. The van der Waals surface area contributed by atoms with Crippen LogP contribution in [0.4, 0.5) is 11.4 Å². The lowest BCUT2D eigenvalue weighted by Crippen LogP contribution is -2.30. The topological polar surface area (TPSA) is 58.6 Å². The van der Waals surface area contributed by atoms with Crippen molar-refractivity contribution in [3.8, 4) is 5.75 Å². The highest BCUT2D eigenvalue weighted by atomic mass is 35.5. The molecule has 5 nitrogen and oxygen atoms in total. The van der Waals surface area contributed by atoms with Gasteiger partial charge in [0.1, 0.15) is 5.75 Å². The van der Waals surface area contributed by atoms with Gasteiger partial charge in [0.25, 0.3) is 5.91 Å². The van der Waals surface area contributed by atoms with Crippen LogP contribution in [0.2, 0.25) is 15.1 Å². The summed E-state index contributed by atoms with van der Waals surface area (Å²) in [6.45, 7) is 2.26. The minimum atomic E-state index is -0.790. The number of carbonyl (C=O) groups excluding carboxylic acids is 2. The first-order valence-corrected chi connectivity index (χ1v) is 9.51. The summed E-state index contributed by atoms with van der Waals surface area (Å²) in [7, 11) is 0. The van der Waals surface area contributed by atoms with Crippen molar-refractivity contribution in [2.75, 3.05) is 16.8 Å². The van der Waals surface area contributed by atoms with Crippen molar-refractivity contribution in [2.45, 2.75) is 25.9 Å². The van der Waals surface area contributed by atoms with E-state index in [9.17, 15) is 9.59 Å². The molecular weight excluding hydrogens is 411 g/mol. The quantitative estimate of drug-likeness (QED) is 0.715. The second kappa shape index (κ2) is 8.38. The molecule has 142 valence electrons. The number of amides is 2. The van der Waals surface area contributed by atoms with E-state index in [0.29, 0.717) is 45.2 Å². The van der Waals surface area contributed by atoms with Gasteiger partial charge >= 0.3 is 0 Å². The van der Waals surface area contributed by atoms with Gasteiger partial charge in [0.2, 0.25) is 5.91 Å². The first-order chi connectivity index (χ1) is 12.8. The fourth-order valence-electron chi connectivity index (χ4n) is 2.77. The van der Waals surface area contributed by atoms with E-state index in [0.717, 1.165) is 6.42 Å². The molecule has 2 aromatic rings. The molecule has 1 aliphatic rings. The average molecular weight is 428 g/mol. The Bertz CT molecular complexity index is 888. The highest BCUT2D eigenvalue weighted by Gasteiger charge is 2.24. The number of anilines is 2. The standard InChI is InChI=1S/C19H17Cl3N2O3/c1-11(27-17-7-4-12(20)9-15(17)22)19(26)23-13-5-6-16(14(21)10-13)24-8-2-3-18(24)25/h4-7,9-11H,2-3,8H2,1H3,(H,23,26)/t11-/m0/s1. The van der Waals surface area contributed by atoms with Crippen molar-refractivity contribution in [2.24, 2.45) is 0 Å². The normalized spacial score (nSPS) is 15.0. The van der Waals surface area contributed by atoms with Gasteiger partial charge in [-0.1, -0.05) is 34.8 Å². The minimum absolute atomic E-state index is 0.0514. The molecule has 0 bridgehead atoms. The number of nitrogens with zero attached hydrogens (tertiary/aromatic N) is 1. The molecule has 3 rings (SSSR count). The van der Waals surface area contributed by atoms with Crippen LogP contribution in [0.5, 0.6) is 5.75 Å². The van der Waals surface area contributed by atoms with Crippen molar-refractivity contribution < 1.29 is 14.3 Å². The predicted molar refractivity (Wildman–Crippen MR) is 108 cm³/mol. The summed E-state index contributed by atoms with van der Waals surface area (Å²) in [6.07, 6.45) is 0.550. The third kappa shape index (κ3) is 4.67. The number of carbonyl (C=O) groups is 2. The number of hydrogen-bond acceptors (Lipinski definition) is 3. The third-order valence-electron chi connectivity index (χ3n) is 4.15. The van der Waals surface area contributed by atoms with Crippen LogP contribution in [-0.4, -0.2) is 24.5 Å². The lowest BCUT2D eigenvalue weighted by atomic mass is 10.2. The molecule has 1 aliphatic heterocycles. The minimum Gasteiger partial charge on any atom is -0.479 e. The molecule has 27 heavy (non-hydrogen) atoms. The molecule has 1 saturated heterocycles. The average Bonchev–Trinajstić information content (AvgIpc) is 3.03. The molecule has 2 amide bonds. The van der Waals surface area contributed by atoms with Crippen molar-refractivity contribution in [1.82, 2.24) is 0 Å². The molecule has 0 aromatic heterocycles. The van der Waals surface area contributed by atoms with Crippen LogP contribution in [0.25, 0.3) is 0 Å². The van der Waals surface area contributed by atoms with Crippen LogP contribution in [0.15, 0.2) is 36.4 Å². The van der Waals surface area contributed by atoms with E-state index < -0.39 is 6.10 Å². The van der Waals surface area contributed by atoms with Crippen molar-refractivity contribution >= 4 is 58.0 Å². The van der Waals surface area contributed by atoms with Gasteiger partial charge in [0, 0.05) is 23.7 Å². The molecule has 1 heterocycles. The molecule has 0 saturated carbocycles.